The maximum atomic E-state index is 6.19. The molecule has 0 aromatic carbocycles. The van der Waals surface area contributed by atoms with Gasteiger partial charge >= 0.3 is 0 Å². The van der Waals surface area contributed by atoms with Gasteiger partial charge in [0.1, 0.15) is 0 Å². The molecule has 0 spiro atoms. The van der Waals surface area contributed by atoms with Crippen LogP contribution in [0.1, 0.15) is 48.5 Å². The minimum Gasteiger partial charge on any atom is -0.418 e. The van der Waals surface area contributed by atoms with Gasteiger partial charge in [-0.3, -0.25) is 0 Å². The van der Waals surface area contributed by atoms with Crippen molar-refractivity contribution in [1.82, 2.24) is 0 Å². The quantitative estimate of drug-likeness (QED) is 0.656. The highest BCUT2D eigenvalue weighted by Crippen LogP contribution is 2.17. The van der Waals surface area contributed by atoms with E-state index in [1.165, 1.54) is 17.8 Å². The molecule has 0 rings (SSSR count). The summed E-state index contributed by atoms with van der Waals surface area (Å²) in [6.45, 7) is 15.3. The van der Waals surface area contributed by atoms with Crippen LogP contribution in [0.4, 0.5) is 0 Å². The first-order chi connectivity index (χ1) is 7.28. The van der Waals surface area contributed by atoms with Gasteiger partial charge in [-0.05, 0) is 52.4 Å². The summed E-state index contributed by atoms with van der Waals surface area (Å²) in [6.07, 6.45) is 0.387. The molecule has 0 aromatic heterocycles. The van der Waals surface area contributed by atoms with E-state index < -0.39 is 18.1 Å². The van der Waals surface area contributed by atoms with Crippen LogP contribution in [-0.4, -0.2) is 29.8 Å². The summed E-state index contributed by atoms with van der Waals surface area (Å²) < 4.78 is 12.2. The van der Waals surface area contributed by atoms with Crippen molar-refractivity contribution in [3.8, 4) is 0 Å². The Morgan fingerprint density at radius 1 is 1.00 bits per heavy atom. The molecule has 0 aromatic rings. The Morgan fingerprint density at radius 3 is 1.81 bits per heavy atom. The molecule has 16 heavy (non-hydrogen) atoms. The molecular formula is C12H30O2Si2. The summed E-state index contributed by atoms with van der Waals surface area (Å²) in [4.78, 5) is 0. The van der Waals surface area contributed by atoms with Gasteiger partial charge in [0, 0.05) is 11.7 Å². The minimum absolute atomic E-state index is 0.0252. The second-order valence-corrected chi connectivity index (χ2v) is 12.2. The molecule has 4 heteroatoms. The second kappa shape index (κ2) is 7.64. The topological polar surface area (TPSA) is 18.5 Å². The van der Waals surface area contributed by atoms with Crippen LogP contribution in [0.25, 0.3) is 0 Å². The maximum Gasteiger partial charge on any atom is 0.176 e. The van der Waals surface area contributed by atoms with Gasteiger partial charge in [0.25, 0.3) is 0 Å². The summed E-state index contributed by atoms with van der Waals surface area (Å²) >= 11 is 0. The molecule has 0 aliphatic rings. The highest BCUT2D eigenvalue weighted by molar-refractivity contribution is 6.71. The first kappa shape index (κ1) is 16.4. The monoisotopic (exact) mass is 262 g/mol. The van der Waals surface area contributed by atoms with E-state index in [2.05, 4.69) is 48.5 Å². The van der Waals surface area contributed by atoms with Gasteiger partial charge in [0.2, 0.25) is 0 Å². The molecule has 0 fully saturated rings. The van der Waals surface area contributed by atoms with Crippen LogP contribution in [0.2, 0.25) is 17.8 Å². The number of hydrogen-bond donors (Lipinski definition) is 0. The van der Waals surface area contributed by atoms with Gasteiger partial charge < -0.3 is 8.85 Å². The van der Waals surface area contributed by atoms with Gasteiger partial charge in [0.15, 0.2) is 18.1 Å². The van der Waals surface area contributed by atoms with Crippen molar-refractivity contribution in [3.63, 3.8) is 0 Å². The van der Waals surface area contributed by atoms with Crippen LogP contribution in [0.3, 0.4) is 0 Å². The maximum absolute atomic E-state index is 6.19. The first-order valence-electron chi connectivity index (χ1n) is 6.61. The van der Waals surface area contributed by atoms with Crippen LogP contribution in [0.5, 0.6) is 0 Å². The Labute approximate surface area is 105 Å². The van der Waals surface area contributed by atoms with Crippen molar-refractivity contribution in [2.75, 3.05) is 0 Å². The Morgan fingerprint density at radius 2 is 1.50 bits per heavy atom. The van der Waals surface area contributed by atoms with Gasteiger partial charge in [-0.25, -0.2) is 0 Å². The zero-order valence-electron chi connectivity index (χ0n) is 12.2. The molecule has 0 amide bonds. The van der Waals surface area contributed by atoms with Gasteiger partial charge in [-0.15, -0.1) is 0 Å². The second-order valence-electron chi connectivity index (χ2n) is 5.71. The van der Waals surface area contributed by atoms with Crippen LogP contribution in [-0.2, 0) is 8.85 Å². The summed E-state index contributed by atoms with van der Waals surface area (Å²) in [5.41, 5.74) is 1.31. The molecule has 98 valence electrons. The molecule has 0 N–H and O–H groups in total. The fourth-order valence-corrected chi connectivity index (χ4v) is 9.77. The lowest BCUT2D eigenvalue weighted by molar-refractivity contribution is 0.128. The van der Waals surface area contributed by atoms with Gasteiger partial charge in [0.05, 0.1) is 0 Å². The average molecular weight is 263 g/mol. The molecule has 0 saturated heterocycles. The van der Waals surface area contributed by atoms with Gasteiger partial charge in [-0.1, -0.05) is 13.8 Å². The molecule has 0 heterocycles. The summed E-state index contributed by atoms with van der Waals surface area (Å²) in [5.74, 6) is 0. The third-order valence-electron chi connectivity index (χ3n) is 2.42. The lowest BCUT2D eigenvalue weighted by Gasteiger charge is -2.29. The molecule has 0 aliphatic carbocycles. The predicted molar refractivity (Wildman–Crippen MR) is 77.1 cm³/mol. The molecule has 0 radical (unpaired) electrons. The largest absolute Gasteiger partial charge is 0.418 e. The Hall–Kier alpha value is 0.354. The van der Waals surface area contributed by atoms with Crippen LogP contribution >= 0.6 is 0 Å². The van der Waals surface area contributed by atoms with Crippen molar-refractivity contribution in [1.29, 1.82) is 0 Å². The van der Waals surface area contributed by atoms with E-state index in [9.17, 15) is 0 Å². The van der Waals surface area contributed by atoms with Crippen molar-refractivity contribution < 1.29 is 8.85 Å². The Kier molecular flexibility index (Phi) is 7.80. The third-order valence-corrected chi connectivity index (χ3v) is 10.4. The van der Waals surface area contributed by atoms with E-state index in [0.717, 1.165) is 0 Å². The number of hydrogen-bond acceptors (Lipinski definition) is 2. The molecular weight excluding hydrogens is 232 g/mol. The van der Waals surface area contributed by atoms with E-state index in [1.54, 1.807) is 0 Å². The fraction of sp³-hybridized carbons (Fsp3) is 1.00. The molecule has 2 unspecified atom stereocenters. The van der Waals surface area contributed by atoms with Crippen molar-refractivity contribution >= 4 is 18.1 Å². The highest BCUT2D eigenvalue weighted by atomic mass is 28.4. The normalized spacial score (nSPS) is 16.5. The van der Waals surface area contributed by atoms with Crippen LogP contribution < -0.4 is 0 Å². The SMILES string of the molecule is CC[SiH](C[SiH](CC)OC(C)(C)C)OC(C)C. The van der Waals surface area contributed by atoms with E-state index >= 15 is 0 Å². The molecule has 0 bridgehead atoms. The van der Waals surface area contributed by atoms with Crippen molar-refractivity contribution in [2.45, 2.75) is 77.9 Å². The summed E-state index contributed by atoms with van der Waals surface area (Å²) in [6, 6.07) is 2.46. The van der Waals surface area contributed by atoms with Crippen LogP contribution in [0.15, 0.2) is 0 Å². The summed E-state index contributed by atoms with van der Waals surface area (Å²) in [5, 5.41) is 0. The minimum atomic E-state index is -1.04. The number of rotatable bonds is 7. The van der Waals surface area contributed by atoms with E-state index in [4.69, 9.17) is 8.85 Å². The summed E-state index contributed by atoms with van der Waals surface area (Å²) in [7, 11) is -2.03. The van der Waals surface area contributed by atoms with Gasteiger partial charge in [-0.2, -0.15) is 0 Å². The average Bonchev–Trinajstić information content (AvgIpc) is 2.12. The Bertz CT molecular complexity index is 178. The standard InChI is InChI=1S/C12H30O2Si2/c1-8-15(13-11(3)4)10-16(9-2)14-12(5,6)7/h11,15-16H,8-10H2,1-7H3. The van der Waals surface area contributed by atoms with E-state index in [0.29, 0.717) is 6.10 Å². The molecule has 0 saturated carbocycles. The van der Waals surface area contributed by atoms with Crippen LogP contribution in [0, 0.1) is 0 Å². The third kappa shape index (κ3) is 8.50. The van der Waals surface area contributed by atoms with E-state index in [-0.39, 0.29) is 5.60 Å². The lowest BCUT2D eigenvalue weighted by atomic mass is 10.2. The Balaban J connectivity index is 4.17. The smallest absolute Gasteiger partial charge is 0.176 e. The zero-order chi connectivity index (χ0) is 12.8. The fourth-order valence-electron chi connectivity index (χ4n) is 1.79. The first-order valence-corrected chi connectivity index (χ1v) is 10.8. The zero-order valence-corrected chi connectivity index (χ0v) is 14.5. The molecule has 2 atom stereocenters. The highest BCUT2D eigenvalue weighted by Gasteiger charge is 2.24. The predicted octanol–water partition coefficient (Wildman–Crippen LogP) is 3.25. The van der Waals surface area contributed by atoms with Crippen molar-refractivity contribution in [2.24, 2.45) is 0 Å². The molecule has 2 nitrogen and oxygen atoms in total. The van der Waals surface area contributed by atoms with E-state index in [1.807, 2.05) is 0 Å². The van der Waals surface area contributed by atoms with Crippen molar-refractivity contribution in [3.05, 3.63) is 0 Å². The lowest BCUT2D eigenvalue weighted by Crippen LogP contribution is -2.35. The molecule has 0 aliphatic heterocycles.